The van der Waals surface area contributed by atoms with E-state index in [4.69, 9.17) is 0 Å². The summed E-state index contributed by atoms with van der Waals surface area (Å²) < 4.78 is 0. The highest BCUT2D eigenvalue weighted by Crippen LogP contribution is 2.34. The number of carbonyl (C=O) groups excluding carboxylic acids is 1. The van der Waals surface area contributed by atoms with Crippen molar-refractivity contribution in [1.29, 1.82) is 0 Å². The number of ketones is 1. The number of carbonyl (C=O) groups is 1. The predicted molar refractivity (Wildman–Crippen MR) is 55.6 cm³/mol. The first-order valence-corrected chi connectivity index (χ1v) is 5.03. The van der Waals surface area contributed by atoms with Gasteiger partial charge in [0.2, 0.25) is 0 Å². The zero-order chi connectivity index (χ0) is 10.0. The molecule has 0 fully saturated rings. The topological polar surface area (TPSA) is 17.1 Å². The first-order chi connectivity index (χ1) is 6.11. The number of hydrogen-bond donors (Lipinski definition) is 0. The zero-order valence-electron chi connectivity index (χ0n) is 9.03. The Morgan fingerprint density at radius 2 is 1.69 bits per heavy atom. The molecule has 1 aliphatic rings. The Balaban J connectivity index is 3.18. The molecule has 0 radical (unpaired) electrons. The average Bonchev–Trinajstić information content (AvgIpc) is 2.41. The van der Waals surface area contributed by atoms with E-state index in [1.165, 1.54) is 16.7 Å². The summed E-state index contributed by atoms with van der Waals surface area (Å²) in [6.07, 6.45) is 2.53. The van der Waals surface area contributed by atoms with E-state index in [1.807, 2.05) is 0 Å². The molecule has 0 aromatic heterocycles. The van der Waals surface area contributed by atoms with Crippen molar-refractivity contribution in [3.8, 4) is 0 Å². The van der Waals surface area contributed by atoms with Gasteiger partial charge in [-0.3, -0.25) is 4.79 Å². The molecule has 0 saturated heterocycles. The van der Waals surface area contributed by atoms with Gasteiger partial charge in [0.15, 0.2) is 5.78 Å². The minimum absolute atomic E-state index is 0.343. The highest BCUT2D eigenvalue weighted by atomic mass is 16.1. The number of allylic oxidation sites excluding steroid dienone is 4. The van der Waals surface area contributed by atoms with E-state index in [-0.39, 0.29) is 0 Å². The Kier molecular flexibility index (Phi) is 3.07. The lowest BCUT2D eigenvalue weighted by molar-refractivity contribution is -0.114. The summed E-state index contributed by atoms with van der Waals surface area (Å²) in [7, 11) is 0. The minimum atomic E-state index is 0.343. The van der Waals surface area contributed by atoms with Crippen LogP contribution in [0.2, 0.25) is 0 Å². The summed E-state index contributed by atoms with van der Waals surface area (Å²) in [4.78, 5) is 11.6. The summed E-state index contributed by atoms with van der Waals surface area (Å²) >= 11 is 0. The normalized spacial score (nSPS) is 17.2. The fourth-order valence-corrected chi connectivity index (χ4v) is 2.04. The molecule has 0 spiro atoms. The van der Waals surface area contributed by atoms with Crippen molar-refractivity contribution in [3.63, 3.8) is 0 Å². The van der Waals surface area contributed by atoms with E-state index in [2.05, 4.69) is 27.7 Å². The molecule has 0 heterocycles. The molecule has 0 unspecified atom stereocenters. The molecular formula is C12H18O. The Labute approximate surface area is 80.5 Å². The Bertz CT molecular complexity index is 288. The van der Waals surface area contributed by atoms with Crippen molar-refractivity contribution in [2.75, 3.05) is 0 Å². The Hall–Kier alpha value is -0.850. The molecule has 13 heavy (non-hydrogen) atoms. The Morgan fingerprint density at radius 1 is 1.15 bits per heavy atom. The third kappa shape index (κ3) is 1.74. The first kappa shape index (κ1) is 10.2. The summed E-state index contributed by atoms with van der Waals surface area (Å²) in [5.41, 5.74) is 4.98. The van der Waals surface area contributed by atoms with Gasteiger partial charge >= 0.3 is 0 Å². The summed E-state index contributed by atoms with van der Waals surface area (Å²) in [5, 5.41) is 0. The van der Waals surface area contributed by atoms with Gasteiger partial charge in [0.1, 0.15) is 0 Å². The first-order valence-electron chi connectivity index (χ1n) is 5.03. The van der Waals surface area contributed by atoms with Gasteiger partial charge in [0.25, 0.3) is 0 Å². The van der Waals surface area contributed by atoms with Crippen LogP contribution in [0.1, 0.15) is 47.0 Å². The molecule has 1 rings (SSSR count). The van der Waals surface area contributed by atoms with Crippen molar-refractivity contribution in [3.05, 3.63) is 22.3 Å². The third-order valence-electron chi connectivity index (χ3n) is 2.71. The lowest BCUT2D eigenvalue weighted by atomic mass is 10.0. The molecule has 1 aliphatic carbocycles. The van der Waals surface area contributed by atoms with E-state index in [1.54, 1.807) is 0 Å². The predicted octanol–water partition coefficient (Wildman–Crippen LogP) is 3.41. The van der Waals surface area contributed by atoms with Gasteiger partial charge in [-0.2, -0.15) is 0 Å². The van der Waals surface area contributed by atoms with Gasteiger partial charge in [-0.05, 0) is 43.4 Å². The molecule has 0 aromatic carbocycles. The second kappa shape index (κ2) is 3.91. The van der Waals surface area contributed by atoms with E-state index in [0.29, 0.717) is 12.2 Å². The quantitative estimate of drug-likeness (QED) is 0.633. The molecule has 0 aliphatic heterocycles. The number of rotatable bonds is 2. The molecule has 0 aromatic rings. The molecule has 0 saturated carbocycles. The van der Waals surface area contributed by atoms with Gasteiger partial charge in [0, 0.05) is 6.42 Å². The van der Waals surface area contributed by atoms with Crippen LogP contribution in [0.15, 0.2) is 22.3 Å². The molecule has 0 amide bonds. The second-order valence-electron chi connectivity index (χ2n) is 3.74. The molecular weight excluding hydrogens is 160 g/mol. The second-order valence-corrected chi connectivity index (χ2v) is 3.74. The van der Waals surface area contributed by atoms with Crippen LogP contribution in [0.4, 0.5) is 0 Å². The van der Waals surface area contributed by atoms with Crippen LogP contribution in [0.3, 0.4) is 0 Å². The maximum absolute atomic E-state index is 11.6. The average molecular weight is 178 g/mol. The summed E-state index contributed by atoms with van der Waals surface area (Å²) in [5.74, 6) is 0.343. The fourth-order valence-electron chi connectivity index (χ4n) is 2.04. The maximum Gasteiger partial charge on any atom is 0.163 e. The largest absolute Gasteiger partial charge is 0.294 e. The van der Waals surface area contributed by atoms with Crippen LogP contribution in [0.25, 0.3) is 0 Å². The highest BCUT2D eigenvalue weighted by Gasteiger charge is 2.25. The lowest BCUT2D eigenvalue weighted by Gasteiger charge is -2.05. The summed E-state index contributed by atoms with van der Waals surface area (Å²) in [6, 6.07) is 0. The van der Waals surface area contributed by atoms with Crippen LogP contribution in [-0.4, -0.2) is 5.78 Å². The van der Waals surface area contributed by atoms with Crippen LogP contribution in [0, 0.1) is 0 Å². The van der Waals surface area contributed by atoms with Crippen LogP contribution in [0.5, 0.6) is 0 Å². The zero-order valence-corrected chi connectivity index (χ0v) is 9.03. The molecule has 0 N–H and O–H groups in total. The minimum Gasteiger partial charge on any atom is -0.294 e. The SMILES string of the molecule is CCC1=C(CC)C(=C(C)C)CC1=O. The molecule has 72 valence electrons. The number of hydrogen-bond acceptors (Lipinski definition) is 1. The van der Waals surface area contributed by atoms with Crippen LogP contribution >= 0.6 is 0 Å². The van der Waals surface area contributed by atoms with Gasteiger partial charge in [0.05, 0.1) is 0 Å². The van der Waals surface area contributed by atoms with E-state index >= 15 is 0 Å². The van der Waals surface area contributed by atoms with Crippen molar-refractivity contribution >= 4 is 5.78 Å². The molecule has 0 bridgehead atoms. The summed E-state index contributed by atoms with van der Waals surface area (Å²) in [6.45, 7) is 8.39. The van der Waals surface area contributed by atoms with Crippen LogP contribution in [-0.2, 0) is 4.79 Å². The monoisotopic (exact) mass is 178 g/mol. The van der Waals surface area contributed by atoms with Gasteiger partial charge in [-0.1, -0.05) is 19.4 Å². The standard InChI is InChI=1S/C12H18O/c1-5-9-10(6-2)12(13)7-11(9)8(3)4/h5-7H2,1-4H3. The fraction of sp³-hybridized carbons (Fsp3) is 0.583. The van der Waals surface area contributed by atoms with Gasteiger partial charge in [-0.25, -0.2) is 0 Å². The number of Topliss-reactive ketones (excluding diaryl/α,β-unsaturated/α-hetero) is 1. The Morgan fingerprint density at radius 3 is 2.08 bits per heavy atom. The maximum atomic E-state index is 11.6. The molecule has 1 heteroatoms. The van der Waals surface area contributed by atoms with E-state index in [9.17, 15) is 4.79 Å². The van der Waals surface area contributed by atoms with Crippen molar-refractivity contribution in [1.82, 2.24) is 0 Å². The third-order valence-corrected chi connectivity index (χ3v) is 2.71. The van der Waals surface area contributed by atoms with E-state index in [0.717, 1.165) is 18.4 Å². The van der Waals surface area contributed by atoms with Crippen molar-refractivity contribution in [2.45, 2.75) is 47.0 Å². The highest BCUT2D eigenvalue weighted by molar-refractivity contribution is 6.02. The smallest absolute Gasteiger partial charge is 0.163 e. The van der Waals surface area contributed by atoms with E-state index < -0.39 is 0 Å². The van der Waals surface area contributed by atoms with Crippen molar-refractivity contribution < 1.29 is 4.79 Å². The van der Waals surface area contributed by atoms with Crippen LogP contribution < -0.4 is 0 Å². The van der Waals surface area contributed by atoms with Crippen molar-refractivity contribution in [2.24, 2.45) is 0 Å². The lowest BCUT2D eigenvalue weighted by Crippen LogP contribution is -1.94. The van der Waals surface area contributed by atoms with Gasteiger partial charge < -0.3 is 0 Å². The van der Waals surface area contributed by atoms with Gasteiger partial charge in [-0.15, -0.1) is 0 Å². The molecule has 1 nitrogen and oxygen atoms in total. The molecule has 0 atom stereocenters.